The van der Waals surface area contributed by atoms with Crippen LogP contribution in [-0.2, 0) is 14.3 Å². The quantitative estimate of drug-likeness (QED) is 0.761. The maximum atomic E-state index is 12.4. The first-order valence-electron chi connectivity index (χ1n) is 7.13. The molecule has 2 rings (SSSR count). The lowest BCUT2D eigenvalue weighted by Crippen LogP contribution is -2.42. The van der Waals surface area contributed by atoms with E-state index in [1.807, 2.05) is 13.8 Å². The van der Waals surface area contributed by atoms with Crippen LogP contribution in [0.1, 0.15) is 26.7 Å². The Morgan fingerprint density at radius 1 is 1.25 bits per heavy atom. The van der Waals surface area contributed by atoms with Crippen LogP contribution in [0.15, 0.2) is 0 Å². The molecule has 1 heterocycles. The van der Waals surface area contributed by atoms with E-state index in [9.17, 15) is 9.59 Å². The number of rotatable bonds is 5. The molecule has 1 saturated carbocycles. The zero-order chi connectivity index (χ0) is 14.9. The average Bonchev–Trinajstić information content (AvgIpc) is 2.99. The zero-order valence-corrected chi connectivity index (χ0v) is 12.0. The second-order valence-electron chi connectivity index (χ2n) is 6.23. The number of carbonyl (C=O) groups is 2. The van der Waals surface area contributed by atoms with E-state index in [0.29, 0.717) is 19.7 Å². The molecule has 0 spiro atoms. The van der Waals surface area contributed by atoms with Gasteiger partial charge in [-0.3, -0.25) is 9.59 Å². The molecule has 1 saturated heterocycles. The van der Waals surface area contributed by atoms with E-state index in [1.54, 1.807) is 4.90 Å². The molecule has 0 aromatic carbocycles. The standard InChI is InChI=1S/C14H23NO5/c1-14(2)10(11(14)13(18)19)12(17)15-5-3-9(4-6-15)20-8-7-16/h9-11,16H,3-8H2,1-2H3,(H,18,19). The topological polar surface area (TPSA) is 87.1 Å². The minimum absolute atomic E-state index is 0.00962. The molecule has 6 heteroatoms. The Bertz CT molecular complexity index is 387. The predicted molar refractivity (Wildman–Crippen MR) is 71.0 cm³/mol. The maximum absolute atomic E-state index is 12.4. The Balaban J connectivity index is 1.85. The van der Waals surface area contributed by atoms with Crippen LogP contribution in [0.3, 0.4) is 0 Å². The van der Waals surface area contributed by atoms with Crippen molar-refractivity contribution < 1.29 is 24.5 Å². The van der Waals surface area contributed by atoms with Crippen molar-refractivity contribution in [3.05, 3.63) is 0 Å². The smallest absolute Gasteiger partial charge is 0.307 e. The number of aliphatic carboxylic acids is 1. The van der Waals surface area contributed by atoms with E-state index >= 15 is 0 Å². The van der Waals surface area contributed by atoms with Crippen molar-refractivity contribution in [3.63, 3.8) is 0 Å². The van der Waals surface area contributed by atoms with Crippen LogP contribution in [0, 0.1) is 17.3 Å². The van der Waals surface area contributed by atoms with Crippen molar-refractivity contribution in [2.75, 3.05) is 26.3 Å². The average molecular weight is 285 g/mol. The van der Waals surface area contributed by atoms with Crippen LogP contribution < -0.4 is 0 Å². The summed E-state index contributed by atoms with van der Waals surface area (Å²) in [5.41, 5.74) is -0.437. The molecule has 1 aliphatic heterocycles. The SMILES string of the molecule is CC1(C)C(C(=O)O)C1C(=O)N1CCC(OCCO)CC1. The summed E-state index contributed by atoms with van der Waals surface area (Å²) in [7, 11) is 0. The second-order valence-corrected chi connectivity index (χ2v) is 6.23. The minimum atomic E-state index is -0.880. The lowest BCUT2D eigenvalue weighted by atomic mass is 10.1. The molecule has 2 atom stereocenters. The summed E-state index contributed by atoms with van der Waals surface area (Å²) in [6, 6.07) is 0. The number of carboxylic acids is 1. The third kappa shape index (κ3) is 2.81. The normalized spacial score (nSPS) is 29.2. The molecule has 2 aliphatic rings. The lowest BCUT2D eigenvalue weighted by Gasteiger charge is -2.32. The van der Waals surface area contributed by atoms with Crippen molar-refractivity contribution in [2.24, 2.45) is 17.3 Å². The van der Waals surface area contributed by atoms with Gasteiger partial charge in [0.05, 0.1) is 31.2 Å². The molecular formula is C14H23NO5. The highest BCUT2D eigenvalue weighted by Gasteiger charge is 2.66. The summed E-state index contributed by atoms with van der Waals surface area (Å²) < 4.78 is 5.45. The van der Waals surface area contributed by atoms with Crippen LogP contribution >= 0.6 is 0 Å². The number of carboxylic acid groups (broad SMARTS) is 1. The van der Waals surface area contributed by atoms with E-state index in [1.165, 1.54) is 0 Å². The number of carbonyl (C=O) groups excluding carboxylic acids is 1. The van der Waals surface area contributed by atoms with Gasteiger partial charge in [-0.05, 0) is 18.3 Å². The van der Waals surface area contributed by atoms with E-state index in [2.05, 4.69) is 0 Å². The Kier molecular flexibility index (Phi) is 4.34. The fourth-order valence-electron chi connectivity index (χ4n) is 3.22. The van der Waals surface area contributed by atoms with Crippen LogP contribution in [-0.4, -0.2) is 59.4 Å². The van der Waals surface area contributed by atoms with Crippen molar-refractivity contribution in [1.29, 1.82) is 0 Å². The molecule has 2 unspecified atom stereocenters. The van der Waals surface area contributed by atoms with Gasteiger partial charge in [-0.2, -0.15) is 0 Å². The van der Waals surface area contributed by atoms with Gasteiger partial charge in [-0.25, -0.2) is 0 Å². The summed E-state index contributed by atoms with van der Waals surface area (Å²) >= 11 is 0. The monoisotopic (exact) mass is 285 g/mol. The van der Waals surface area contributed by atoms with Gasteiger partial charge in [0.2, 0.25) is 5.91 Å². The number of nitrogens with zero attached hydrogens (tertiary/aromatic N) is 1. The third-order valence-electron chi connectivity index (χ3n) is 4.56. The largest absolute Gasteiger partial charge is 0.481 e. The van der Waals surface area contributed by atoms with Gasteiger partial charge >= 0.3 is 5.97 Å². The molecule has 1 amide bonds. The van der Waals surface area contributed by atoms with Crippen LogP contribution in [0.25, 0.3) is 0 Å². The van der Waals surface area contributed by atoms with E-state index in [-0.39, 0.29) is 18.6 Å². The highest BCUT2D eigenvalue weighted by Crippen LogP contribution is 2.59. The Morgan fingerprint density at radius 2 is 1.85 bits per heavy atom. The summed E-state index contributed by atoms with van der Waals surface area (Å²) in [5, 5.41) is 17.8. The molecule has 114 valence electrons. The Hall–Kier alpha value is -1.14. The number of amides is 1. The van der Waals surface area contributed by atoms with Crippen molar-refractivity contribution in [3.8, 4) is 0 Å². The first kappa shape index (κ1) is 15.3. The molecule has 0 aromatic rings. The van der Waals surface area contributed by atoms with Crippen LogP contribution in [0.2, 0.25) is 0 Å². The first-order chi connectivity index (χ1) is 9.39. The minimum Gasteiger partial charge on any atom is -0.481 e. The van der Waals surface area contributed by atoms with Crippen molar-refractivity contribution in [1.82, 2.24) is 4.90 Å². The summed E-state index contributed by atoms with van der Waals surface area (Å²) in [4.78, 5) is 25.3. The molecule has 0 bridgehead atoms. The van der Waals surface area contributed by atoms with Crippen molar-refractivity contribution >= 4 is 11.9 Å². The van der Waals surface area contributed by atoms with Crippen LogP contribution in [0.5, 0.6) is 0 Å². The second kappa shape index (κ2) is 5.69. The van der Waals surface area contributed by atoms with Gasteiger partial charge in [0.15, 0.2) is 0 Å². The molecule has 0 aromatic heterocycles. The number of aliphatic hydroxyl groups is 1. The lowest BCUT2D eigenvalue weighted by molar-refractivity contribution is -0.142. The molecule has 6 nitrogen and oxygen atoms in total. The maximum Gasteiger partial charge on any atom is 0.307 e. The number of hydrogen-bond donors (Lipinski definition) is 2. The van der Waals surface area contributed by atoms with E-state index in [0.717, 1.165) is 12.8 Å². The number of piperidine rings is 1. The van der Waals surface area contributed by atoms with Gasteiger partial charge in [-0.1, -0.05) is 13.8 Å². The van der Waals surface area contributed by atoms with Crippen molar-refractivity contribution in [2.45, 2.75) is 32.8 Å². The van der Waals surface area contributed by atoms with Gasteiger partial charge in [0.1, 0.15) is 0 Å². The van der Waals surface area contributed by atoms with E-state index in [4.69, 9.17) is 14.9 Å². The zero-order valence-electron chi connectivity index (χ0n) is 12.0. The van der Waals surface area contributed by atoms with Crippen LogP contribution in [0.4, 0.5) is 0 Å². The number of hydrogen-bond acceptors (Lipinski definition) is 4. The molecule has 2 fully saturated rings. The van der Waals surface area contributed by atoms with E-state index < -0.39 is 23.2 Å². The van der Waals surface area contributed by atoms with Gasteiger partial charge in [0, 0.05) is 13.1 Å². The highest BCUT2D eigenvalue weighted by molar-refractivity contribution is 5.91. The Labute approximate surface area is 118 Å². The highest BCUT2D eigenvalue weighted by atomic mass is 16.5. The number of ether oxygens (including phenoxy) is 1. The molecular weight excluding hydrogens is 262 g/mol. The number of aliphatic hydroxyl groups excluding tert-OH is 1. The Morgan fingerprint density at radius 3 is 2.30 bits per heavy atom. The third-order valence-corrected chi connectivity index (χ3v) is 4.56. The van der Waals surface area contributed by atoms with Gasteiger partial charge < -0.3 is 19.8 Å². The molecule has 1 aliphatic carbocycles. The molecule has 0 radical (unpaired) electrons. The summed E-state index contributed by atoms with van der Waals surface area (Å²) in [6.07, 6.45) is 1.58. The summed E-state index contributed by atoms with van der Waals surface area (Å²) in [6.45, 7) is 5.23. The predicted octanol–water partition coefficient (Wildman–Crippen LogP) is 0.343. The van der Waals surface area contributed by atoms with Gasteiger partial charge in [-0.15, -0.1) is 0 Å². The fraction of sp³-hybridized carbons (Fsp3) is 0.857. The molecule has 2 N–H and O–H groups in total. The van der Waals surface area contributed by atoms with Gasteiger partial charge in [0.25, 0.3) is 0 Å². The first-order valence-corrected chi connectivity index (χ1v) is 7.13. The number of likely N-dealkylation sites (tertiary alicyclic amines) is 1. The fourth-order valence-corrected chi connectivity index (χ4v) is 3.22. The summed E-state index contributed by atoms with van der Waals surface area (Å²) in [5.74, 6) is -1.87. The molecule has 20 heavy (non-hydrogen) atoms.